The molecule has 0 aliphatic carbocycles. The van der Waals surface area contributed by atoms with E-state index in [1.165, 1.54) is 18.2 Å². The molecule has 0 aliphatic heterocycles. The van der Waals surface area contributed by atoms with Crippen molar-refractivity contribution in [1.82, 2.24) is 26.3 Å². The minimum absolute atomic E-state index is 0.0578. The van der Waals surface area contributed by atoms with Crippen molar-refractivity contribution in [2.75, 3.05) is 26.3 Å². The number of carbonyl (C=O) groups excluding carboxylic acids is 3. The molecule has 35 heavy (non-hydrogen) atoms. The smallest absolute Gasteiger partial charge is 0.407 e. The maximum Gasteiger partial charge on any atom is 0.407 e. The summed E-state index contributed by atoms with van der Waals surface area (Å²) in [5.41, 5.74) is 0.734. The zero-order chi connectivity index (χ0) is 25.6. The first-order valence-corrected chi connectivity index (χ1v) is 10.6. The topological polar surface area (TPSA) is 188 Å². The summed E-state index contributed by atoms with van der Waals surface area (Å²) < 4.78 is 10.1. The number of carbonyl (C=O) groups is 4. The molecule has 0 saturated heterocycles. The number of hydrogen-bond acceptors (Lipinski definition) is 8. The van der Waals surface area contributed by atoms with Crippen LogP contribution in [0, 0.1) is 0 Å². The normalized spacial score (nSPS) is 11.0. The van der Waals surface area contributed by atoms with E-state index in [0.717, 1.165) is 5.56 Å². The Labute approximate surface area is 200 Å². The molecular weight excluding hydrogens is 462 g/mol. The number of carboxylic acids is 1. The van der Waals surface area contributed by atoms with Gasteiger partial charge < -0.3 is 41.0 Å². The molecule has 1 heterocycles. The first kappa shape index (κ1) is 26.7. The molecule has 13 heteroatoms. The van der Waals surface area contributed by atoms with Crippen LogP contribution >= 0.6 is 0 Å². The van der Waals surface area contributed by atoms with E-state index in [1.807, 2.05) is 6.07 Å². The number of phenols is 1. The van der Waals surface area contributed by atoms with E-state index >= 15 is 0 Å². The van der Waals surface area contributed by atoms with Gasteiger partial charge in [0.2, 0.25) is 0 Å². The lowest BCUT2D eigenvalue weighted by molar-refractivity contribution is -0.139. The van der Waals surface area contributed by atoms with Crippen LogP contribution in [0.15, 0.2) is 42.7 Å². The van der Waals surface area contributed by atoms with Crippen LogP contribution < -0.4 is 26.0 Å². The Balaban J connectivity index is 1.76. The summed E-state index contributed by atoms with van der Waals surface area (Å²) in [5.74, 6) is -2.26. The molecule has 6 N–H and O–H groups in total. The lowest BCUT2D eigenvalue weighted by atomic mass is 10.1. The number of ether oxygens (including phenoxy) is 2. The largest absolute Gasteiger partial charge is 0.507 e. The summed E-state index contributed by atoms with van der Waals surface area (Å²) in [4.78, 5) is 50.7. The first-order chi connectivity index (χ1) is 16.8. The van der Waals surface area contributed by atoms with Crippen molar-refractivity contribution in [3.05, 3.63) is 53.9 Å². The van der Waals surface area contributed by atoms with E-state index in [9.17, 15) is 24.3 Å². The second-order valence-corrected chi connectivity index (χ2v) is 6.96. The maximum absolute atomic E-state index is 12.3. The Morgan fingerprint density at radius 3 is 2.57 bits per heavy atom. The van der Waals surface area contributed by atoms with E-state index in [4.69, 9.17) is 9.84 Å². The quantitative estimate of drug-likeness (QED) is 0.232. The number of aromatic nitrogens is 1. The Morgan fingerprint density at radius 2 is 1.91 bits per heavy atom. The summed E-state index contributed by atoms with van der Waals surface area (Å²) in [7, 11) is 0. The minimum Gasteiger partial charge on any atom is -0.507 e. The SMILES string of the molecule is CCOC(=O)N[C@@H](CNC(=O)c1ccc(OCCNC(=O)NCc2cccnc2)cc1O)C(=O)O. The van der Waals surface area contributed by atoms with Gasteiger partial charge in [0.1, 0.15) is 24.1 Å². The van der Waals surface area contributed by atoms with Gasteiger partial charge in [0.15, 0.2) is 0 Å². The Kier molecular flexibility index (Phi) is 10.6. The average molecular weight is 489 g/mol. The van der Waals surface area contributed by atoms with Crippen LogP contribution in [0.25, 0.3) is 0 Å². The molecule has 13 nitrogen and oxygen atoms in total. The second kappa shape index (κ2) is 13.9. The van der Waals surface area contributed by atoms with Crippen molar-refractivity contribution in [3.8, 4) is 11.5 Å². The molecule has 0 bridgehead atoms. The number of benzene rings is 1. The van der Waals surface area contributed by atoms with Crippen LogP contribution in [0.4, 0.5) is 9.59 Å². The third kappa shape index (κ3) is 9.45. The van der Waals surface area contributed by atoms with Crippen molar-refractivity contribution in [2.24, 2.45) is 0 Å². The van der Waals surface area contributed by atoms with Crippen LogP contribution in [-0.4, -0.2) is 71.5 Å². The van der Waals surface area contributed by atoms with Crippen molar-refractivity contribution < 1.29 is 38.9 Å². The molecule has 2 aromatic rings. The van der Waals surface area contributed by atoms with Gasteiger partial charge in [-0.15, -0.1) is 0 Å². The van der Waals surface area contributed by atoms with E-state index < -0.39 is 36.3 Å². The summed E-state index contributed by atoms with van der Waals surface area (Å²) in [5, 5.41) is 29.0. The van der Waals surface area contributed by atoms with Gasteiger partial charge in [-0.3, -0.25) is 9.78 Å². The molecule has 0 fully saturated rings. The molecular formula is C22H27N5O8. The Morgan fingerprint density at radius 1 is 1.11 bits per heavy atom. The van der Waals surface area contributed by atoms with Gasteiger partial charge in [-0.2, -0.15) is 0 Å². The van der Waals surface area contributed by atoms with Gasteiger partial charge in [0.05, 0.1) is 18.7 Å². The van der Waals surface area contributed by atoms with Crippen LogP contribution in [0.5, 0.6) is 11.5 Å². The Hall–Kier alpha value is -4.55. The minimum atomic E-state index is -1.42. The molecule has 0 saturated carbocycles. The predicted octanol–water partition coefficient (Wildman–Crippen LogP) is 0.595. The van der Waals surface area contributed by atoms with E-state index in [-0.39, 0.29) is 37.1 Å². The zero-order valence-corrected chi connectivity index (χ0v) is 18.9. The fourth-order valence-corrected chi connectivity index (χ4v) is 2.68. The van der Waals surface area contributed by atoms with Crippen LogP contribution in [0.1, 0.15) is 22.8 Å². The number of urea groups is 1. The number of carboxylic acid groups (broad SMARTS) is 1. The van der Waals surface area contributed by atoms with Gasteiger partial charge >= 0.3 is 18.1 Å². The number of phenolic OH excluding ortho intramolecular Hbond substituents is 1. The number of nitrogens with zero attached hydrogens (tertiary/aromatic N) is 1. The van der Waals surface area contributed by atoms with Crippen molar-refractivity contribution in [2.45, 2.75) is 19.5 Å². The summed E-state index contributed by atoms with van der Waals surface area (Å²) in [6.45, 7) is 1.80. The molecule has 4 amide bonds. The fraction of sp³-hybridized carbons (Fsp3) is 0.318. The van der Waals surface area contributed by atoms with Crippen LogP contribution in [-0.2, 0) is 16.1 Å². The first-order valence-electron chi connectivity index (χ1n) is 10.6. The lowest BCUT2D eigenvalue weighted by Crippen LogP contribution is -2.48. The summed E-state index contributed by atoms with van der Waals surface area (Å²) >= 11 is 0. The zero-order valence-electron chi connectivity index (χ0n) is 18.9. The third-order valence-electron chi connectivity index (χ3n) is 4.38. The number of amides is 4. The molecule has 0 aliphatic rings. The summed E-state index contributed by atoms with van der Waals surface area (Å²) in [6, 6.07) is 5.73. The number of aliphatic carboxylic acids is 1. The van der Waals surface area contributed by atoms with E-state index in [0.29, 0.717) is 6.54 Å². The van der Waals surface area contributed by atoms with Gasteiger partial charge in [-0.25, -0.2) is 14.4 Å². The Bertz CT molecular complexity index is 1020. The second-order valence-electron chi connectivity index (χ2n) is 6.96. The van der Waals surface area contributed by atoms with Gasteiger partial charge in [0, 0.05) is 31.5 Å². The molecule has 1 atom stereocenters. The number of aromatic hydroxyl groups is 1. The highest BCUT2D eigenvalue weighted by Crippen LogP contribution is 2.23. The van der Waals surface area contributed by atoms with Crippen LogP contribution in [0.2, 0.25) is 0 Å². The van der Waals surface area contributed by atoms with E-state index in [2.05, 4.69) is 31.0 Å². The number of hydrogen-bond donors (Lipinski definition) is 6. The fourth-order valence-electron chi connectivity index (χ4n) is 2.68. The third-order valence-corrected chi connectivity index (χ3v) is 4.38. The highest BCUT2D eigenvalue weighted by molar-refractivity contribution is 5.97. The summed E-state index contributed by atoms with van der Waals surface area (Å²) in [6.07, 6.45) is 2.35. The standard InChI is InChI=1S/C22H27N5O8/c1-2-34-22(33)27-17(20(30)31)13-25-19(29)16-6-5-15(10-18(16)28)35-9-8-24-21(32)26-12-14-4-3-7-23-11-14/h3-7,10-11,17,28H,2,8-9,12-13H2,1H3,(H,25,29)(H,27,33)(H,30,31)(H2,24,26,32)/t17-/m0/s1. The van der Waals surface area contributed by atoms with E-state index in [1.54, 1.807) is 25.4 Å². The van der Waals surface area contributed by atoms with Crippen molar-refractivity contribution in [3.63, 3.8) is 0 Å². The number of nitrogens with one attached hydrogen (secondary N) is 4. The molecule has 0 unspecified atom stereocenters. The highest BCUT2D eigenvalue weighted by Gasteiger charge is 2.22. The molecule has 188 valence electrons. The lowest BCUT2D eigenvalue weighted by Gasteiger charge is -2.15. The van der Waals surface area contributed by atoms with Gasteiger partial charge in [-0.05, 0) is 30.7 Å². The molecule has 2 rings (SSSR count). The van der Waals surface area contributed by atoms with Gasteiger partial charge in [-0.1, -0.05) is 6.07 Å². The predicted molar refractivity (Wildman–Crippen MR) is 122 cm³/mol. The monoisotopic (exact) mass is 489 g/mol. The molecule has 1 aromatic heterocycles. The molecule has 1 aromatic carbocycles. The van der Waals surface area contributed by atoms with Crippen LogP contribution in [0.3, 0.4) is 0 Å². The van der Waals surface area contributed by atoms with Crippen molar-refractivity contribution >= 4 is 24.0 Å². The molecule has 0 radical (unpaired) electrons. The number of pyridine rings is 1. The van der Waals surface area contributed by atoms with Crippen molar-refractivity contribution in [1.29, 1.82) is 0 Å². The highest BCUT2D eigenvalue weighted by atomic mass is 16.5. The molecule has 0 spiro atoms. The van der Waals surface area contributed by atoms with Gasteiger partial charge in [0.25, 0.3) is 5.91 Å². The maximum atomic E-state index is 12.3. The average Bonchev–Trinajstić information content (AvgIpc) is 2.83. The number of rotatable bonds is 12. The number of alkyl carbamates (subject to hydrolysis) is 1.